The number of hydrogen-bond acceptors (Lipinski definition) is 8. The molecule has 16 heavy (non-hydrogen) atoms. The fraction of sp³-hybridized carbons (Fsp3) is 0.875. The van der Waals surface area contributed by atoms with Crippen LogP contribution in [0.2, 0.25) is 0 Å². The molecule has 0 aromatic carbocycles. The smallest absolute Gasteiger partial charge is 0.210 e. The molecular weight excluding hydrogens is 224 g/mol. The molecule has 1 heterocycles. The first kappa shape index (κ1) is 13.3. The van der Waals surface area contributed by atoms with Crippen molar-refractivity contribution in [1.29, 1.82) is 0 Å². The van der Waals surface area contributed by atoms with Gasteiger partial charge in [-0.15, -0.1) is 0 Å². The van der Waals surface area contributed by atoms with Crippen molar-refractivity contribution in [1.82, 2.24) is 0 Å². The van der Waals surface area contributed by atoms with E-state index in [0.717, 1.165) is 0 Å². The van der Waals surface area contributed by atoms with E-state index in [1.54, 1.807) is 0 Å². The largest absolute Gasteiger partial charge is 0.544 e. The molecule has 0 aromatic heterocycles. The van der Waals surface area contributed by atoms with E-state index in [1.807, 2.05) is 0 Å². The van der Waals surface area contributed by atoms with Crippen molar-refractivity contribution >= 4 is 5.97 Å². The minimum atomic E-state index is -2.79. The summed E-state index contributed by atoms with van der Waals surface area (Å²) in [5.74, 6) is -4.78. The number of rotatable bonds is 3. The van der Waals surface area contributed by atoms with Crippen LogP contribution in [-0.4, -0.2) is 68.3 Å². The Morgan fingerprint density at radius 2 is 2.12 bits per heavy atom. The maximum Gasteiger partial charge on any atom is 0.210 e. The third kappa shape index (κ3) is 2.32. The van der Waals surface area contributed by atoms with Gasteiger partial charge in [-0.1, -0.05) is 0 Å². The van der Waals surface area contributed by atoms with Gasteiger partial charge in [0.1, 0.15) is 24.3 Å². The second-order valence-electron chi connectivity index (χ2n) is 3.67. The summed E-state index contributed by atoms with van der Waals surface area (Å²) in [6.07, 6.45) is -7.25. The number of carbonyl (C=O) groups is 1. The third-order valence-corrected chi connectivity index (χ3v) is 2.43. The lowest BCUT2D eigenvalue weighted by atomic mass is 9.93. The van der Waals surface area contributed by atoms with Gasteiger partial charge in [-0.25, -0.2) is 0 Å². The molecule has 1 fully saturated rings. The van der Waals surface area contributed by atoms with Crippen LogP contribution in [0.1, 0.15) is 6.42 Å². The molecule has 94 valence electrons. The van der Waals surface area contributed by atoms with Gasteiger partial charge in [-0.05, 0) is 0 Å². The molecular formula is C8H13O8-. The summed E-state index contributed by atoms with van der Waals surface area (Å²) < 4.78 is 4.54. The van der Waals surface area contributed by atoms with E-state index < -0.39 is 49.2 Å². The Kier molecular flexibility index (Phi) is 3.84. The van der Waals surface area contributed by atoms with E-state index >= 15 is 0 Å². The Hall–Kier alpha value is -0.770. The van der Waals surface area contributed by atoms with Crippen molar-refractivity contribution in [2.45, 2.75) is 36.6 Å². The van der Waals surface area contributed by atoms with Crippen LogP contribution in [0.5, 0.6) is 0 Å². The Morgan fingerprint density at radius 1 is 1.56 bits per heavy atom. The van der Waals surface area contributed by atoms with Crippen molar-refractivity contribution in [3.63, 3.8) is 0 Å². The van der Waals surface area contributed by atoms with Crippen LogP contribution in [0.4, 0.5) is 0 Å². The lowest BCUT2D eigenvalue weighted by Gasteiger charge is -2.43. The van der Waals surface area contributed by atoms with Crippen molar-refractivity contribution in [2.75, 3.05) is 6.61 Å². The summed E-state index contributed by atoms with van der Waals surface area (Å²) in [6, 6.07) is 0. The van der Waals surface area contributed by atoms with Crippen LogP contribution in [-0.2, 0) is 9.53 Å². The zero-order valence-corrected chi connectivity index (χ0v) is 8.18. The molecule has 1 saturated heterocycles. The summed E-state index contributed by atoms with van der Waals surface area (Å²) in [4.78, 5) is 10.6. The summed E-state index contributed by atoms with van der Waals surface area (Å²) in [7, 11) is 0. The number of hydrogen-bond donors (Lipinski definition) is 5. The lowest BCUT2D eigenvalue weighted by Crippen LogP contribution is -2.64. The van der Waals surface area contributed by atoms with Gasteiger partial charge in [0.05, 0.1) is 12.7 Å². The van der Waals surface area contributed by atoms with Crippen LogP contribution < -0.4 is 5.11 Å². The van der Waals surface area contributed by atoms with Crippen molar-refractivity contribution in [3.05, 3.63) is 0 Å². The molecule has 0 spiro atoms. The molecule has 0 bridgehead atoms. The van der Waals surface area contributed by atoms with Gasteiger partial charge < -0.3 is 40.2 Å². The molecule has 1 unspecified atom stereocenters. The fourth-order valence-corrected chi connectivity index (χ4v) is 1.51. The quantitative estimate of drug-likeness (QED) is 0.328. The Balaban J connectivity index is 2.89. The minimum absolute atomic E-state index is 0.787. The highest BCUT2D eigenvalue weighted by molar-refractivity contribution is 5.73. The highest BCUT2D eigenvalue weighted by Crippen LogP contribution is 2.28. The van der Waals surface area contributed by atoms with E-state index in [0.29, 0.717) is 0 Å². The minimum Gasteiger partial charge on any atom is -0.544 e. The monoisotopic (exact) mass is 237 g/mol. The van der Waals surface area contributed by atoms with Crippen molar-refractivity contribution in [3.8, 4) is 0 Å². The van der Waals surface area contributed by atoms with Gasteiger partial charge in [0.15, 0.2) is 0 Å². The Bertz CT molecular complexity index is 269. The standard InChI is InChI=1S/C8H14O8/c9-2-4(11)6-5(12)3(10)1-8(15,16-6)7(13)14/h3-6,9-12,15H,1-2H2,(H,13,14)/p-1/t3-,4-,5-,6?,8-/m1/s1. The maximum atomic E-state index is 10.6. The zero-order chi connectivity index (χ0) is 12.5. The van der Waals surface area contributed by atoms with Gasteiger partial charge >= 0.3 is 0 Å². The molecule has 8 heteroatoms. The van der Waals surface area contributed by atoms with Crippen LogP contribution in [0.15, 0.2) is 0 Å². The van der Waals surface area contributed by atoms with Gasteiger partial charge in [-0.2, -0.15) is 0 Å². The first-order valence-electron chi connectivity index (χ1n) is 4.58. The molecule has 5 atom stereocenters. The van der Waals surface area contributed by atoms with Gasteiger partial charge in [0, 0.05) is 6.42 Å². The number of aliphatic hydroxyl groups is 5. The molecule has 1 aliphatic rings. The number of aliphatic carboxylic acids is 1. The van der Waals surface area contributed by atoms with Crippen molar-refractivity contribution < 1.29 is 40.2 Å². The van der Waals surface area contributed by atoms with E-state index in [1.165, 1.54) is 0 Å². The van der Waals surface area contributed by atoms with Crippen LogP contribution in [0.3, 0.4) is 0 Å². The summed E-state index contributed by atoms with van der Waals surface area (Å²) in [6.45, 7) is -0.822. The molecule has 0 aliphatic carbocycles. The summed E-state index contributed by atoms with van der Waals surface area (Å²) in [5, 5.41) is 56.5. The number of carboxylic acid groups (broad SMARTS) is 1. The van der Waals surface area contributed by atoms with E-state index in [9.17, 15) is 30.3 Å². The van der Waals surface area contributed by atoms with E-state index in [2.05, 4.69) is 4.74 Å². The van der Waals surface area contributed by atoms with Crippen molar-refractivity contribution in [2.24, 2.45) is 0 Å². The molecule has 0 aromatic rings. The molecule has 5 N–H and O–H groups in total. The first-order chi connectivity index (χ1) is 7.31. The molecule has 0 saturated carbocycles. The summed E-state index contributed by atoms with van der Waals surface area (Å²) in [5.41, 5.74) is 0. The van der Waals surface area contributed by atoms with Gasteiger partial charge in [0.25, 0.3) is 0 Å². The van der Waals surface area contributed by atoms with Gasteiger partial charge in [-0.3, -0.25) is 0 Å². The number of carboxylic acids is 1. The Morgan fingerprint density at radius 3 is 2.56 bits per heavy atom. The second-order valence-corrected chi connectivity index (χ2v) is 3.67. The zero-order valence-electron chi connectivity index (χ0n) is 8.18. The normalized spacial score (nSPS) is 41.7. The molecule has 1 rings (SSSR count). The van der Waals surface area contributed by atoms with Gasteiger partial charge in [0.2, 0.25) is 5.79 Å². The highest BCUT2D eigenvalue weighted by atomic mass is 16.7. The summed E-state index contributed by atoms with van der Waals surface area (Å²) >= 11 is 0. The SMILES string of the molecule is O=C([O-])[C@@]1(O)C[C@@H](O)[C@@H](O)C([C@H](O)CO)O1. The van der Waals surface area contributed by atoms with Crippen LogP contribution in [0.25, 0.3) is 0 Å². The molecule has 0 radical (unpaired) electrons. The van der Waals surface area contributed by atoms with Crippen LogP contribution >= 0.6 is 0 Å². The van der Waals surface area contributed by atoms with Crippen LogP contribution in [0, 0.1) is 0 Å². The van der Waals surface area contributed by atoms with E-state index in [4.69, 9.17) is 5.11 Å². The molecule has 0 amide bonds. The second kappa shape index (κ2) is 4.62. The van der Waals surface area contributed by atoms with E-state index in [-0.39, 0.29) is 0 Å². The topological polar surface area (TPSA) is 151 Å². The highest BCUT2D eigenvalue weighted by Gasteiger charge is 2.48. The predicted octanol–water partition coefficient (Wildman–Crippen LogP) is -4.71. The first-order valence-corrected chi connectivity index (χ1v) is 4.58. The average Bonchev–Trinajstić information content (AvgIpc) is 2.22. The Labute approximate surface area is 90.3 Å². The predicted molar refractivity (Wildman–Crippen MR) is 44.6 cm³/mol. The third-order valence-electron chi connectivity index (χ3n) is 2.43. The number of carbonyl (C=O) groups excluding carboxylic acids is 1. The molecule has 1 aliphatic heterocycles. The average molecular weight is 237 g/mol. The molecule has 8 nitrogen and oxygen atoms in total. The number of ether oxygens (including phenoxy) is 1. The lowest BCUT2D eigenvalue weighted by molar-refractivity contribution is -0.378. The maximum absolute atomic E-state index is 10.6. The number of aliphatic hydroxyl groups excluding tert-OH is 4. The fourth-order valence-electron chi connectivity index (χ4n) is 1.51.